The number of aryl methyl sites for hydroxylation is 1. The van der Waals surface area contributed by atoms with Gasteiger partial charge in [-0.05, 0) is 12.5 Å². The molecule has 1 unspecified atom stereocenters. The van der Waals surface area contributed by atoms with E-state index in [0.29, 0.717) is 0 Å². The number of carbonyl (C=O) groups is 1. The summed E-state index contributed by atoms with van der Waals surface area (Å²) in [6, 6.07) is 0. The fourth-order valence-electron chi connectivity index (χ4n) is 0.822. The third-order valence-electron chi connectivity index (χ3n) is 1.41. The maximum absolute atomic E-state index is 10.2. The number of hydrogen-bond acceptors (Lipinski definition) is 3. The Morgan fingerprint density at radius 1 is 1.83 bits per heavy atom. The summed E-state index contributed by atoms with van der Waals surface area (Å²) < 4.78 is 1.40. The normalized spacial score (nSPS) is 12.8. The number of nitrogens with zero attached hydrogens (tertiary/aromatic N) is 2. The van der Waals surface area contributed by atoms with Crippen LogP contribution in [0, 0.1) is 6.92 Å². The average Bonchev–Trinajstić information content (AvgIpc) is 2.35. The first-order valence-corrected chi connectivity index (χ1v) is 3.49. The molecular formula is C7H10N2O3. The van der Waals surface area contributed by atoms with Crippen LogP contribution in [0.25, 0.3) is 0 Å². The van der Waals surface area contributed by atoms with Gasteiger partial charge < -0.3 is 10.2 Å². The van der Waals surface area contributed by atoms with E-state index < -0.39 is 12.1 Å². The predicted molar refractivity (Wildman–Crippen MR) is 40.6 cm³/mol. The molecule has 1 heterocycles. The summed E-state index contributed by atoms with van der Waals surface area (Å²) in [7, 11) is 0. The first kappa shape index (κ1) is 8.73. The standard InChI is InChI=1S/C7H10N2O3/c1-5-2-8-9(3-5)4-6(10)7(11)12/h2-3,6,10H,4H2,1H3,(H,11,12). The molecular weight excluding hydrogens is 160 g/mol. The van der Waals surface area contributed by atoms with Crippen molar-refractivity contribution in [1.29, 1.82) is 0 Å². The topological polar surface area (TPSA) is 75.3 Å². The van der Waals surface area contributed by atoms with Crippen LogP contribution in [-0.4, -0.2) is 32.1 Å². The van der Waals surface area contributed by atoms with Crippen molar-refractivity contribution >= 4 is 5.97 Å². The Bertz CT molecular complexity index is 282. The van der Waals surface area contributed by atoms with Gasteiger partial charge in [0.2, 0.25) is 0 Å². The van der Waals surface area contributed by atoms with Crippen LogP contribution in [0.4, 0.5) is 0 Å². The maximum atomic E-state index is 10.2. The summed E-state index contributed by atoms with van der Waals surface area (Å²) >= 11 is 0. The highest BCUT2D eigenvalue weighted by molar-refractivity contribution is 5.71. The number of aliphatic carboxylic acids is 1. The van der Waals surface area contributed by atoms with E-state index in [2.05, 4.69) is 5.10 Å². The zero-order valence-corrected chi connectivity index (χ0v) is 6.64. The Balaban J connectivity index is 2.58. The van der Waals surface area contributed by atoms with Gasteiger partial charge in [-0.15, -0.1) is 0 Å². The Kier molecular flexibility index (Phi) is 2.44. The number of aliphatic hydroxyl groups excluding tert-OH is 1. The summed E-state index contributed by atoms with van der Waals surface area (Å²) in [6.45, 7) is 1.83. The van der Waals surface area contributed by atoms with E-state index in [1.807, 2.05) is 6.92 Å². The molecule has 0 saturated heterocycles. The number of carboxylic acid groups (broad SMARTS) is 1. The molecule has 5 heteroatoms. The number of aromatic nitrogens is 2. The molecule has 1 rings (SSSR count). The predicted octanol–water partition coefficient (Wildman–Crippen LogP) is -0.363. The van der Waals surface area contributed by atoms with Gasteiger partial charge in [0, 0.05) is 6.20 Å². The summed E-state index contributed by atoms with van der Waals surface area (Å²) in [4.78, 5) is 10.2. The highest BCUT2D eigenvalue weighted by atomic mass is 16.4. The van der Waals surface area contributed by atoms with Gasteiger partial charge in [-0.1, -0.05) is 0 Å². The van der Waals surface area contributed by atoms with Gasteiger partial charge in [-0.3, -0.25) is 4.68 Å². The molecule has 2 N–H and O–H groups in total. The number of carboxylic acids is 1. The number of hydrogen-bond donors (Lipinski definition) is 2. The average molecular weight is 170 g/mol. The highest BCUT2D eigenvalue weighted by Gasteiger charge is 2.13. The van der Waals surface area contributed by atoms with E-state index >= 15 is 0 Å². The second-order valence-corrected chi connectivity index (χ2v) is 2.59. The van der Waals surface area contributed by atoms with Crippen LogP contribution in [0.2, 0.25) is 0 Å². The molecule has 1 aromatic heterocycles. The second kappa shape index (κ2) is 3.36. The lowest BCUT2D eigenvalue weighted by Gasteiger charge is -2.04. The number of rotatable bonds is 3. The first-order chi connectivity index (χ1) is 5.59. The van der Waals surface area contributed by atoms with Crippen LogP contribution in [0.15, 0.2) is 12.4 Å². The Hall–Kier alpha value is -1.36. The van der Waals surface area contributed by atoms with Crippen LogP contribution in [0.3, 0.4) is 0 Å². The van der Waals surface area contributed by atoms with E-state index in [1.54, 1.807) is 12.4 Å². The van der Waals surface area contributed by atoms with Gasteiger partial charge >= 0.3 is 5.97 Å². The minimum absolute atomic E-state index is 0.0107. The molecule has 5 nitrogen and oxygen atoms in total. The molecule has 1 aromatic rings. The maximum Gasteiger partial charge on any atom is 0.334 e. The van der Waals surface area contributed by atoms with Crippen LogP contribution in [-0.2, 0) is 11.3 Å². The van der Waals surface area contributed by atoms with E-state index in [0.717, 1.165) is 5.56 Å². The fraction of sp³-hybridized carbons (Fsp3) is 0.429. The summed E-state index contributed by atoms with van der Waals surface area (Å²) in [6.07, 6.45) is 1.89. The molecule has 0 radical (unpaired) electrons. The zero-order valence-electron chi connectivity index (χ0n) is 6.64. The minimum atomic E-state index is -1.38. The lowest BCUT2D eigenvalue weighted by Crippen LogP contribution is -2.25. The zero-order chi connectivity index (χ0) is 9.14. The molecule has 0 aromatic carbocycles. The van der Waals surface area contributed by atoms with Crippen molar-refractivity contribution in [2.24, 2.45) is 0 Å². The van der Waals surface area contributed by atoms with Crippen molar-refractivity contribution in [3.8, 4) is 0 Å². The minimum Gasteiger partial charge on any atom is -0.479 e. The van der Waals surface area contributed by atoms with Gasteiger partial charge in [0.1, 0.15) is 0 Å². The lowest BCUT2D eigenvalue weighted by atomic mass is 10.3. The molecule has 12 heavy (non-hydrogen) atoms. The molecule has 0 amide bonds. The van der Waals surface area contributed by atoms with Crippen molar-refractivity contribution in [2.45, 2.75) is 19.6 Å². The van der Waals surface area contributed by atoms with E-state index in [1.165, 1.54) is 4.68 Å². The lowest BCUT2D eigenvalue weighted by molar-refractivity contribution is -0.147. The molecule has 0 fully saturated rings. The smallest absolute Gasteiger partial charge is 0.334 e. The quantitative estimate of drug-likeness (QED) is 0.649. The fourth-order valence-corrected chi connectivity index (χ4v) is 0.822. The van der Waals surface area contributed by atoms with E-state index in [-0.39, 0.29) is 6.54 Å². The van der Waals surface area contributed by atoms with Crippen molar-refractivity contribution in [2.75, 3.05) is 0 Å². The molecule has 66 valence electrons. The van der Waals surface area contributed by atoms with E-state index in [4.69, 9.17) is 10.2 Å². The Labute approximate surface area is 69.2 Å². The van der Waals surface area contributed by atoms with Gasteiger partial charge in [0.05, 0.1) is 12.7 Å². The van der Waals surface area contributed by atoms with Crippen molar-refractivity contribution in [3.63, 3.8) is 0 Å². The SMILES string of the molecule is Cc1cnn(CC(O)C(=O)O)c1. The molecule has 0 saturated carbocycles. The molecule has 0 aliphatic heterocycles. The van der Waals surface area contributed by atoms with Gasteiger partial charge in [0.25, 0.3) is 0 Å². The van der Waals surface area contributed by atoms with Crippen LogP contribution in [0.1, 0.15) is 5.56 Å². The Morgan fingerprint density at radius 3 is 2.92 bits per heavy atom. The van der Waals surface area contributed by atoms with Gasteiger partial charge in [0.15, 0.2) is 6.10 Å². The number of aliphatic hydroxyl groups is 1. The molecule has 0 aliphatic rings. The first-order valence-electron chi connectivity index (χ1n) is 3.49. The highest BCUT2D eigenvalue weighted by Crippen LogP contribution is 1.96. The molecule has 0 aliphatic carbocycles. The third kappa shape index (κ3) is 2.06. The molecule has 1 atom stereocenters. The van der Waals surface area contributed by atoms with Crippen LogP contribution < -0.4 is 0 Å². The van der Waals surface area contributed by atoms with Crippen LogP contribution >= 0.6 is 0 Å². The van der Waals surface area contributed by atoms with Crippen LogP contribution in [0.5, 0.6) is 0 Å². The van der Waals surface area contributed by atoms with E-state index in [9.17, 15) is 4.79 Å². The van der Waals surface area contributed by atoms with Crippen molar-refractivity contribution < 1.29 is 15.0 Å². The molecule has 0 spiro atoms. The van der Waals surface area contributed by atoms with Crippen molar-refractivity contribution in [1.82, 2.24) is 9.78 Å². The third-order valence-corrected chi connectivity index (χ3v) is 1.41. The monoisotopic (exact) mass is 170 g/mol. The largest absolute Gasteiger partial charge is 0.479 e. The Morgan fingerprint density at radius 2 is 2.50 bits per heavy atom. The van der Waals surface area contributed by atoms with Gasteiger partial charge in [-0.25, -0.2) is 4.79 Å². The second-order valence-electron chi connectivity index (χ2n) is 2.59. The molecule has 0 bridgehead atoms. The summed E-state index contributed by atoms with van der Waals surface area (Å²) in [5.74, 6) is -1.23. The summed E-state index contributed by atoms with van der Waals surface area (Å²) in [5, 5.41) is 21.1. The summed E-state index contributed by atoms with van der Waals surface area (Å²) in [5.41, 5.74) is 0.938. The van der Waals surface area contributed by atoms with Gasteiger partial charge in [-0.2, -0.15) is 5.10 Å². The van der Waals surface area contributed by atoms with Crippen molar-refractivity contribution in [3.05, 3.63) is 18.0 Å².